The zero-order valence-electron chi connectivity index (χ0n) is 19.8. The molecule has 2 aromatic heterocycles. The smallest absolute Gasteiger partial charge is 0.341 e. The Labute approximate surface area is 217 Å². The van der Waals surface area contributed by atoms with E-state index < -0.39 is 5.97 Å². The highest BCUT2D eigenvalue weighted by Gasteiger charge is 2.20. The van der Waals surface area contributed by atoms with Gasteiger partial charge in [-0.15, -0.1) is 28.1 Å². The fourth-order valence-electron chi connectivity index (χ4n) is 3.06. The molecule has 8 nitrogen and oxygen atoms in total. The molecule has 0 aliphatic carbocycles. The van der Waals surface area contributed by atoms with Crippen molar-refractivity contribution < 1.29 is 19.1 Å². The monoisotopic (exact) mass is 534 g/mol. The van der Waals surface area contributed by atoms with Crippen LogP contribution in [0.5, 0.6) is 5.75 Å². The lowest BCUT2D eigenvalue weighted by Crippen LogP contribution is -2.16. The molecule has 3 aromatic rings. The zero-order valence-corrected chi connectivity index (χ0v) is 22.2. The van der Waals surface area contributed by atoms with E-state index in [1.54, 1.807) is 31.2 Å². The van der Waals surface area contributed by atoms with Crippen LogP contribution in [0.15, 0.2) is 42.1 Å². The fraction of sp³-hybridized carbons (Fsp3) is 0.333. The summed E-state index contributed by atoms with van der Waals surface area (Å²) in [6.45, 7) is 10.4. The number of hydrogen-bond donors (Lipinski definition) is 1. The molecule has 2 heterocycles. The molecule has 1 amide bonds. The number of nitrogens with zero attached hydrogens (tertiary/aromatic N) is 3. The Morgan fingerprint density at radius 2 is 2.09 bits per heavy atom. The van der Waals surface area contributed by atoms with E-state index in [4.69, 9.17) is 21.1 Å². The number of thiophene rings is 1. The lowest BCUT2D eigenvalue weighted by molar-refractivity contribution is -0.113. The van der Waals surface area contributed by atoms with Crippen molar-refractivity contribution in [3.63, 3.8) is 0 Å². The number of ether oxygens (including phenoxy) is 2. The number of anilines is 1. The van der Waals surface area contributed by atoms with Crippen LogP contribution in [0.25, 0.3) is 0 Å². The number of halogens is 1. The van der Waals surface area contributed by atoms with Crippen molar-refractivity contribution in [2.45, 2.75) is 45.5 Å². The maximum absolute atomic E-state index is 12.7. The Bertz CT molecular complexity index is 1210. The molecule has 0 aliphatic heterocycles. The van der Waals surface area contributed by atoms with Crippen molar-refractivity contribution in [3.05, 3.63) is 63.8 Å². The Morgan fingerprint density at radius 1 is 1.29 bits per heavy atom. The molecule has 0 spiro atoms. The maximum Gasteiger partial charge on any atom is 0.341 e. The molecule has 35 heavy (non-hydrogen) atoms. The van der Waals surface area contributed by atoms with Crippen molar-refractivity contribution in [2.24, 2.45) is 0 Å². The van der Waals surface area contributed by atoms with Crippen molar-refractivity contribution in [2.75, 3.05) is 17.7 Å². The molecule has 0 bridgehead atoms. The van der Waals surface area contributed by atoms with Crippen LogP contribution < -0.4 is 10.1 Å². The van der Waals surface area contributed by atoms with Crippen LogP contribution in [0.1, 0.15) is 40.5 Å². The number of hydrogen-bond acceptors (Lipinski definition) is 8. The van der Waals surface area contributed by atoms with Gasteiger partial charge in [-0.1, -0.05) is 36.4 Å². The summed E-state index contributed by atoms with van der Waals surface area (Å²) in [6, 6.07) is 7.20. The Balaban J connectivity index is 1.65. The minimum absolute atomic E-state index is 0.0914. The number of amides is 1. The number of aryl methyl sites for hydroxylation is 2. The van der Waals surface area contributed by atoms with E-state index in [1.165, 1.54) is 23.1 Å². The Kier molecular flexibility index (Phi) is 9.76. The second-order valence-electron chi connectivity index (χ2n) is 7.36. The van der Waals surface area contributed by atoms with Gasteiger partial charge in [0.05, 0.1) is 17.9 Å². The van der Waals surface area contributed by atoms with Crippen LogP contribution in [0.4, 0.5) is 5.00 Å². The second-order valence-corrected chi connectivity index (χ2v) is 9.85. The van der Waals surface area contributed by atoms with Crippen molar-refractivity contribution in [1.82, 2.24) is 14.8 Å². The second kappa shape index (κ2) is 12.8. The number of allylic oxidation sites excluding steroid dienone is 1. The quantitative estimate of drug-likeness (QED) is 0.185. The van der Waals surface area contributed by atoms with E-state index in [0.29, 0.717) is 38.9 Å². The SMILES string of the molecule is C=CCn1c(COc2ccc(Cl)c(C)c2)nnc1SCC(=O)Nc1sc(CC)cc1C(=O)OCC. The van der Waals surface area contributed by atoms with E-state index in [1.807, 2.05) is 24.5 Å². The first-order valence-electron chi connectivity index (χ1n) is 11.0. The lowest BCUT2D eigenvalue weighted by Gasteiger charge is -2.10. The predicted octanol–water partition coefficient (Wildman–Crippen LogP) is 5.54. The van der Waals surface area contributed by atoms with Gasteiger partial charge in [0.1, 0.15) is 17.4 Å². The number of aromatic nitrogens is 3. The van der Waals surface area contributed by atoms with E-state index in [-0.39, 0.29) is 24.9 Å². The highest BCUT2D eigenvalue weighted by Crippen LogP contribution is 2.30. The minimum Gasteiger partial charge on any atom is -0.486 e. The molecule has 0 saturated heterocycles. The number of rotatable bonds is 12. The van der Waals surface area contributed by atoms with Crippen LogP contribution in [0.3, 0.4) is 0 Å². The third-order valence-electron chi connectivity index (χ3n) is 4.81. The van der Waals surface area contributed by atoms with Gasteiger partial charge in [0.25, 0.3) is 0 Å². The van der Waals surface area contributed by atoms with Crippen LogP contribution in [-0.2, 0) is 29.1 Å². The van der Waals surface area contributed by atoms with E-state index >= 15 is 0 Å². The van der Waals surface area contributed by atoms with Crippen LogP contribution >= 0.6 is 34.7 Å². The van der Waals surface area contributed by atoms with Crippen molar-refractivity contribution in [1.29, 1.82) is 0 Å². The van der Waals surface area contributed by atoms with Gasteiger partial charge in [0, 0.05) is 16.4 Å². The highest BCUT2D eigenvalue weighted by molar-refractivity contribution is 7.99. The van der Waals surface area contributed by atoms with Gasteiger partial charge < -0.3 is 14.8 Å². The fourth-order valence-corrected chi connectivity index (χ4v) is 4.95. The third kappa shape index (κ3) is 7.09. The summed E-state index contributed by atoms with van der Waals surface area (Å²) in [5.74, 6) is 0.670. The summed E-state index contributed by atoms with van der Waals surface area (Å²) in [4.78, 5) is 25.9. The highest BCUT2D eigenvalue weighted by atomic mass is 35.5. The Hall–Kier alpha value is -2.82. The van der Waals surface area contributed by atoms with Gasteiger partial charge in [-0.3, -0.25) is 9.36 Å². The average molecular weight is 535 g/mol. The number of carbonyl (C=O) groups excluding carboxylic acids is 2. The van der Waals surface area contributed by atoms with Crippen LogP contribution in [0.2, 0.25) is 5.02 Å². The Morgan fingerprint density at radius 3 is 2.77 bits per heavy atom. The number of carbonyl (C=O) groups is 2. The summed E-state index contributed by atoms with van der Waals surface area (Å²) >= 11 is 8.69. The number of benzene rings is 1. The van der Waals surface area contributed by atoms with Gasteiger partial charge in [-0.25, -0.2) is 4.79 Å². The molecular weight excluding hydrogens is 508 g/mol. The van der Waals surface area contributed by atoms with Crippen molar-refractivity contribution >= 4 is 51.6 Å². The maximum atomic E-state index is 12.7. The van der Waals surface area contributed by atoms with E-state index in [0.717, 1.165) is 16.9 Å². The molecule has 0 unspecified atom stereocenters. The normalized spacial score (nSPS) is 10.7. The molecule has 0 fully saturated rings. The summed E-state index contributed by atoms with van der Waals surface area (Å²) in [7, 11) is 0. The van der Waals surface area contributed by atoms with Crippen molar-refractivity contribution in [3.8, 4) is 5.75 Å². The molecule has 0 aliphatic rings. The molecular formula is C24H27ClN4O4S2. The largest absolute Gasteiger partial charge is 0.486 e. The first-order chi connectivity index (χ1) is 16.9. The van der Waals surface area contributed by atoms with Gasteiger partial charge in [-0.2, -0.15) is 0 Å². The van der Waals surface area contributed by atoms with E-state index in [9.17, 15) is 9.59 Å². The average Bonchev–Trinajstić information content (AvgIpc) is 3.42. The van der Waals surface area contributed by atoms with Gasteiger partial charge in [0.15, 0.2) is 11.0 Å². The van der Waals surface area contributed by atoms with Crippen LogP contribution in [-0.4, -0.2) is 39.0 Å². The molecule has 0 saturated carbocycles. The van der Waals surface area contributed by atoms with Gasteiger partial charge in [0.2, 0.25) is 5.91 Å². The number of nitrogens with one attached hydrogen (secondary N) is 1. The molecule has 186 valence electrons. The molecule has 0 radical (unpaired) electrons. The summed E-state index contributed by atoms with van der Waals surface area (Å²) < 4.78 is 12.8. The molecule has 1 aromatic carbocycles. The topological polar surface area (TPSA) is 95.3 Å². The lowest BCUT2D eigenvalue weighted by atomic mass is 10.2. The number of thioether (sulfide) groups is 1. The molecule has 11 heteroatoms. The zero-order chi connectivity index (χ0) is 25.4. The predicted molar refractivity (Wildman–Crippen MR) is 140 cm³/mol. The summed E-state index contributed by atoms with van der Waals surface area (Å²) in [5, 5.41) is 13.0. The van der Waals surface area contributed by atoms with E-state index in [2.05, 4.69) is 22.1 Å². The van der Waals surface area contributed by atoms with Gasteiger partial charge in [-0.05, 0) is 50.1 Å². The first-order valence-corrected chi connectivity index (χ1v) is 13.2. The standard InChI is InChI=1S/C24H27ClN4O4S2/c1-5-10-29-20(13-33-16-8-9-19(25)15(4)11-16)27-28-24(29)34-14-21(30)26-22-18(23(31)32-7-3)12-17(6-2)35-22/h5,8-9,11-12H,1,6-7,10,13-14H2,2-4H3,(H,26,30). The number of esters is 1. The summed E-state index contributed by atoms with van der Waals surface area (Å²) in [6.07, 6.45) is 2.49. The van der Waals surface area contributed by atoms with Crippen LogP contribution in [0, 0.1) is 6.92 Å². The first kappa shape index (κ1) is 26.8. The van der Waals surface area contributed by atoms with Gasteiger partial charge >= 0.3 is 5.97 Å². The third-order valence-corrected chi connectivity index (χ3v) is 7.40. The summed E-state index contributed by atoms with van der Waals surface area (Å²) in [5.41, 5.74) is 1.29. The minimum atomic E-state index is -0.447. The molecule has 3 rings (SSSR count). The molecule has 1 N–H and O–H groups in total. The molecule has 0 atom stereocenters.